The summed E-state index contributed by atoms with van der Waals surface area (Å²) in [6.07, 6.45) is 2.96. The molecule has 1 fully saturated rings. The average Bonchev–Trinajstić information content (AvgIpc) is 3.81. The van der Waals surface area contributed by atoms with E-state index in [-0.39, 0.29) is 36.4 Å². The van der Waals surface area contributed by atoms with E-state index in [4.69, 9.17) is 9.15 Å². The van der Waals surface area contributed by atoms with Gasteiger partial charge in [0, 0.05) is 40.9 Å². The Morgan fingerprint density at radius 1 is 1.13 bits per heavy atom. The summed E-state index contributed by atoms with van der Waals surface area (Å²) in [6.45, 7) is 9.29. The summed E-state index contributed by atoms with van der Waals surface area (Å²) in [5.74, 6) is -0.474. The third-order valence-electron chi connectivity index (χ3n) is 7.95. The summed E-state index contributed by atoms with van der Waals surface area (Å²) in [5, 5.41) is 19.9. The van der Waals surface area contributed by atoms with Crippen LogP contribution in [0.1, 0.15) is 83.6 Å². The largest absolute Gasteiger partial charge is 0.445 e. The molecule has 3 heterocycles. The Morgan fingerprint density at radius 3 is 2.53 bits per heavy atom. The number of alkyl carbamates (subject to hydrolysis) is 1. The van der Waals surface area contributed by atoms with Gasteiger partial charge in [-0.05, 0) is 77.6 Å². The van der Waals surface area contributed by atoms with Gasteiger partial charge in [-0.3, -0.25) is 9.59 Å². The Labute approximate surface area is 278 Å². The van der Waals surface area contributed by atoms with E-state index >= 15 is 0 Å². The number of carbonyl (C=O) groups excluding carboxylic acids is 3. The molecule has 3 amide bonds. The van der Waals surface area contributed by atoms with Crippen molar-refractivity contribution in [3.63, 3.8) is 0 Å². The summed E-state index contributed by atoms with van der Waals surface area (Å²) < 4.78 is 11.0. The number of ether oxygens (including phenoxy) is 1. The minimum Gasteiger partial charge on any atom is -0.445 e. The molecule has 12 heteroatoms. The minimum absolute atomic E-state index is 0.140. The fraction of sp³-hybridized carbons (Fsp3) is 0.400. The SMILES string of the molecule is Cc1csc([C@H]2CCCN2C(=O)c2cc(C(=O)NCC(O)[C@@](C)(Cc3ccccc3)NC(=O)OC(C)(C)C)cc(-c3ncco3)c2)n1. The first-order chi connectivity index (χ1) is 22.3. The monoisotopic (exact) mass is 659 g/mol. The number of hydrogen-bond acceptors (Lipinski definition) is 9. The van der Waals surface area contributed by atoms with Crippen molar-refractivity contribution >= 4 is 29.2 Å². The number of rotatable bonds is 10. The Kier molecular flexibility index (Phi) is 10.1. The van der Waals surface area contributed by atoms with Crippen molar-refractivity contribution in [2.24, 2.45) is 0 Å². The molecule has 47 heavy (non-hydrogen) atoms. The molecule has 1 aliphatic rings. The van der Waals surface area contributed by atoms with E-state index in [1.807, 2.05) is 42.6 Å². The molecule has 0 saturated carbocycles. The van der Waals surface area contributed by atoms with Gasteiger partial charge in [0.2, 0.25) is 5.89 Å². The zero-order valence-corrected chi connectivity index (χ0v) is 28.1. The average molecular weight is 660 g/mol. The highest BCUT2D eigenvalue weighted by molar-refractivity contribution is 7.09. The topological polar surface area (TPSA) is 147 Å². The summed E-state index contributed by atoms with van der Waals surface area (Å²) in [5.41, 5.74) is 0.830. The smallest absolute Gasteiger partial charge is 0.408 e. The van der Waals surface area contributed by atoms with Crippen LogP contribution < -0.4 is 10.6 Å². The molecule has 1 aliphatic heterocycles. The van der Waals surface area contributed by atoms with Crippen LogP contribution in [0.2, 0.25) is 0 Å². The molecule has 5 rings (SSSR count). The first-order valence-corrected chi connectivity index (χ1v) is 16.5. The van der Waals surface area contributed by atoms with Gasteiger partial charge in [-0.1, -0.05) is 30.3 Å². The molecule has 3 N–H and O–H groups in total. The lowest BCUT2D eigenvalue weighted by atomic mass is 9.87. The Hall–Kier alpha value is -4.55. The minimum atomic E-state index is -1.21. The van der Waals surface area contributed by atoms with Gasteiger partial charge in [-0.25, -0.2) is 14.8 Å². The van der Waals surface area contributed by atoms with Crippen molar-refractivity contribution in [1.82, 2.24) is 25.5 Å². The third-order valence-corrected chi connectivity index (χ3v) is 9.01. The summed E-state index contributed by atoms with van der Waals surface area (Å²) in [7, 11) is 0. The molecular weight excluding hydrogens is 618 g/mol. The number of aliphatic hydroxyl groups is 1. The second-order valence-corrected chi connectivity index (χ2v) is 13.9. The maximum absolute atomic E-state index is 13.9. The highest BCUT2D eigenvalue weighted by Crippen LogP contribution is 2.35. The van der Waals surface area contributed by atoms with Crippen LogP contribution in [0.3, 0.4) is 0 Å². The van der Waals surface area contributed by atoms with Crippen LogP contribution in [0.15, 0.2) is 70.8 Å². The maximum atomic E-state index is 13.9. The van der Waals surface area contributed by atoms with Crippen molar-refractivity contribution < 1.29 is 28.6 Å². The van der Waals surface area contributed by atoms with Gasteiger partial charge in [0.05, 0.1) is 23.9 Å². The lowest BCUT2D eigenvalue weighted by Crippen LogP contribution is -2.59. The van der Waals surface area contributed by atoms with E-state index in [1.54, 1.807) is 50.8 Å². The molecule has 1 saturated heterocycles. The maximum Gasteiger partial charge on any atom is 0.408 e. The van der Waals surface area contributed by atoms with Gasteiger partial charge in [-0.15, -0.1) is 11.3 Å². The van der Waals surface area contributed by atoms with Crippen molar-refractivity contribution in [3.8, 4) is 11.5 Å². The van der Waals surface area contributed by atoms with Crippen LogP contribution in [0.25, 0.3) is 11.5 Å². The summed E-state index contributed by atoms with van der Waals surface area (Å²) in [6, 6.07) is 14.1. The van der Waals surface area contributed by atoms with E-state index in [2.05, 4.69) is 20.6 Å². The molecule has 1 unspecified atom stereocenters. The van der Waals surface area contributed by atoms with E-state index in [0.29, 0.717) is 17.7 Å². The molecule has 0 bridgehead atoms. The number of amides is 3. The highest BCUT2D eigenvalue weighted by Gasteiger charge is 2.37. The molecule has 248 valence electrons. The molecule has 4 aromatic rings. The number of thiazole rings is 1. The van der Waals surface area contributed by atoms with Crippen LogP contribution in [0.4, 0.5) is 4.79 Å². The summed E-state index contributed by atoms with van der Waals surface area (Å²) in [4.78, 5) is 51.0. The lowest BCUT2D eigenvalue weighted by molar-refractivity contribution is 0.0255. The predicted octanol–water partition coefficient (Wildman–Crippen LogP) is 5.70. The van der Waals surface area contributed by atoms with Gasteiger partial charge in [-0.2, -0.15) is 0 Å². The van der Waals surface area contributed by atoms with Crippen LogP contribution in [0.5, 0.6) is 0 Å². The number of aliphatic hydroxyl groups excluding tert-OH is 1. The summed E-state index contributed by atoms with van der Waals surface area (Å²) >= 11 is 1.54. The molecule has 0 aliphatic carbocycles. The fourth-order valence-electron chi connectivity index (χ4n) is 5.65. The van der Waals surface area contributed by atoms with Crippen LogP contribution in [-0.4, -0.2) is 68.2 Å². The first-order valence-electron chi connectivity index (χ1n) is 15.6. The van der Waals surface area contributed by atoms with E-state index in [1.165, 1.54) is 23.8 Å². The molecule has 0 radical (unpaired) electrons. The predicted molar refractivity (Wildman–Crippen MR) is 178 cm³/mol. The molecule has 11 nitrogen and oxygen atoms in total. The normalized spacial score (nSPS) is 16.7. The number of hydrogen-bond donors (Lipinski definition) is 3. The van der Waals surface area contributed by atoms with Crippen molar-refractivity contribution in [1.29, 1.82) is 0 Å². The van der Waals surface area contributed by atoms with Crippen molar-refractivity contribution in [2.45, 2.75) is 77.2 Å². The number of nitrogens with one attached hydrogen (secondary N) is 2. The molecule has 0 spiro atoms. The second kappa shape index (κ2) is 14.1. The van der Waals surface area contributed by atoms with Crippen molar-refractivity contribution in [3.05, 3.63) is 93.8 Å². The van der Waals surface area contributed by atoms with E-state index in [9.17, 15) is 19.5 Å². The highest BCUT2D eigenvalue weighted by atomic mass is 32.1. The molecule has 2 aromatic heterocycles. The number of aromatic nitrogens is 2. The zero-order valence-electron chi connectivity index (χ0n) is 27.3. The standard InChI is InChI=1S/C35H41N5O6S/c1-22-21-47-31(38-22)27-12-9-14-40(27)32(43)26-17-24(16-25(18-26)30-36-13-15-45-30)29(42)37-20-28(41)35(5,19-23-10-7-6-8-11-23)39-33(44)46-34(2,3)4/h6-8,10-11,13,15-18,21,27-28,41H,9,12,14,19-20H2,1-5H3,(H,37,42)(H,39,44)/t27-,28?,35-/m1/s1. The molecule has 2 aromatic carbocycles. The fourth-order valence-corrected chi connectivity index (χ4v) is 6.59. The van der Waals surface area contributed by atoms with Gasteiger partial charge in [0.1, 0.15) is 16.9 Å². The Balaban J connectivity index is 1.37. The van der Waals surface area contributed by atoms with Gasteiger partial charge in [0.15, 0.2) is 0 Å². The van der Waals surface area contributed by atoms with Gasteiger partial charge >= 0.3 is 6.09 Å². The number of aryl methyl sites for hydroxylation is 1. The number of likely N-dealkylation sites (tertiary alicyclic amines) is 1. The molecular formula is C35H41N5O6S. The Bertz CT molecular complexity index is 1700. The number of nitrogens with zero attached hydrogens (tertiary/aromatic N) is 3. The van der Waals surface area contributed by atoms with Gasteiger partial charge in [0.25, 0.3) is 11.8 Å². The second-order valence-electron chi connectivity index (χ2n) is 13.1. The number of carbonyl (C=O) groups is 3. The van der Waals surface area contributed by atoms with E-state index in [0.717, 1.165) is 29.1 Å². The Morgan fingerprint density at radius 2 is 1.87 bits per heavy atom. The lowest BCUT2D eigenvalue weighted by Gasteiger charge is -2.36. The number of benzene rings is 2. The zero-order chi connectivity index (χ0) is 33.8. The van der Waals surface area contributed by atoms with Crippen LogP contribution in [-0.2, 0) is 11.2 Å². The van der Waals surface area contributed by atoms with Crippen molar-refractivity contribution in [2.75, 3.05) is 13.1 Å². The quantitative estimate of drug-likeness (QED) is 0.197. The first kappa shape index (κ1) is 33.8. The van der Waals surface area contributed by atoms with E-state index < -0.39 is 29.2 Å². The van der Waals surface area contributed by atoms with Crippen LogP contribution >= 0.6 is 11.3 Å². The van der Waals surface area contributed by atoms with Gasteiger partial charge < -0.3 is 29.8 Å². The van der Waals surface area contributed by atoms with Crippen LogP contribution in [0, 0.1) is 6.92 Å². The molecule has 3 atom stereocenters. The number of oxazole rings is 1. The third kappa shape index (κ3) is 8.44.